The number of amides is 1. The van der Waals surface area contributed by atoms with Crippen LogP contribution in [-0.4, -0.2) is 59.6 Å². The largest absolute Gasteiger partial charge is 0.368 e. The molecule has 23 heavy (non-hydrogen) atoms. The van der Waals surface area contributed by atoms with Crippen LogP contribution in [0.2, 0.25) is 0 Å². The highest BCUT2D eigenvalue weighted by Gasteiger charge is 2.27. The van der Waals surface area contributed by atoms with E-state index in [0.29, 0.717) is 25.4 Å². The highest BCUT2D eigenvalue weighted by atomic mass is 16.5. The van der Waals surface area contributed by atoms with Crippen LogP contribution in [0.5, 0.6) is 0 Å². The maximum atomic E-state index is 12.5. The van der Waals surface area contributed by atoms with Gasteiger partial charge in [-0.1, -0.05) is 6.07 Å². The van der Waals surface area contributed by atoms with Gasteiger partial charge in [0, 0.05) is 33.0 Å². The van der Waals surface area contributed by atoms with E-state index in [1.54, 1.807) is 11.1 Å². The summed E-state index contributed by atoms with van der Waals surface area (Å²) in [5.41, 5.74) is 1.18. The molecule has 0 aliphatic carbocycles. The maximum absolute atomic E-state index is 12.5. The zero-order valence-electron chi connectivity index (χ0n) is 13.2. The van der Waals surface area contributed by atoms with Crippen molar-refractivity contribution in [1.29, 1.82) is 0 Å². The lowest BCUT2D eigenvalue weighted by atomic mass is 10.1. The van der Waals surface area contributed by atoms with Crippen molar-refractivity contribution in [1.82, 2.24) is 19.9 Å². The molecule has 0 spiro atoms. The predicted molar refractivity (Wildman–Crippen MR) is 85.2 cm³/mol. The summed E-state index contributed by atoms with van der Waals surface area (Å²) in [6.07, 6.45) is 4.32. The quantitative estimate of drug-likeness (QED) is 0.846. The average molecular weight is 313 g/mol. The third-order valence-corrected chi connectivity index (χ3v) is 3.68. The number of aromatic nitrogens is 3. The van der Waals surface area contributed by atoms with E-state index in [-0.39, 0.29) is 12.0 Å². The van der Waals surface area contributed by atoms with Crippen molar-refractivity contribution >= 4 is 11.7 Å². The zero-order valence-corrected chi connectivity index (χ0v) is 13.2. The molecule has 7 heteroatoms. The van der Waals surface area contributed by atoms with E-state index in [2.05, 4.69) is 15.0 Å². The topological polar surface area (TPSA) is 71.5 Å². The van der Waals surface area contributed by atoms with Gasteiger partial charge >= 0.3 is 0 Å². The monoisotopic (exact) mass is 313 g/mol. The van der Waals surface area contributed by atoms with Crippen LogP contribution in [0.4, 0.5) is 5.82 Å². The number of rotatable bonds is 3. The van der Waals surface area contributed by atoms with Crippen molar-refractivity contribution in [2.45, 2.75) is 6.10 Å². The predicted octanol–water partition coefficient (Wildman–Crippen LogP) is 1.15. The van der Waals surface area contributed by atoms with Gasteiger partial charge in [0.1, 0.15) is 17.6 Å². The Morgan fingerprint density at radius 3 is 2.96 bits per heavy atom. The van der Waals surface area contributed by atoms with Crippen molar-refractivity contribution in [3.8, 4) is 0 Å². The van der Waals surface area contributed by atoms with E-state index >= 15 is 0 Å². The van der Waals surface area contributed by atoms with Crippen molar-refractivity contribution < 1.29 is 9.53 Å². The highest BCUT2D eigenvalue weighted by Crippen LogP contribution is 2.23. The number of morpholine rings is 1. The molecule has 1 saturated heterocycles. The van der Waals surface area contributed by atoms with Crippen LogP contribution < -0.4 is 4.90 Å². The summed E-state index contributed by atoms with van der Waals surface area (Å²) in [5, 5.41) is 0. The molecule has 1 atom stereocenters. The van der Waals surface area contributed by atoms with Gasteiger partial charge in [0.25, 0.3) is 5.91 Å². The maximum Gasteiger partial charge on any atom is 0.274 e. The lowest BCUT2D eigenvalue weighted by Gasteiger charge is -2.32. The summed E-state index contributed by atoms with van der Waals surface area (Å²) in [4.78, 5) is 28.8. The van der Waals surface area contributed by atoms with E-state index in [9.17, 15) is 4.79 Å². The molecule has 1 aliphatic heterocycles. The number of anilines is 1. The molecule has 1 aliphatic rings. The zero-order chi connectivity index (χ0) is 16.2. The fourth-order valence-electron chi connectivity index (χ4n) is 2.45. The molecule has 0 N–H and O–H groups in total. The summed E-state index contributed by atoms with van der Waals surface area (Å²) in [5.74, 6) is 0.735. The lowest BCUT2D eigenvalue weighted by Crippen LogP contribution is -2.42. The number of pyridine rings is 1. The second-order valence-electron chi connectivity index (χ2n) is 5.52. The van der Waals surface area contributed by atoms with Crippen LogP contribution in [0.3, 0.4) is 0 Å². The Kier molecular flexibility index (Phi) is 4.47. The number of nitrogens with zero attached hydrogens (tertiary/aromatic N) is 5. The molecule has 2 aromatic rings. The normalized spacial score (nSPS) is 17.8. The van der Waals surface area contributed by atoms with Gasteiger partial charge in [-0.2, -0.15) is 0 Å². The Morgan fingerprint density at radius 2 is 2.22 bits per heavy atom. The Hall–Kier alpha value is -2.54. The van der Waals surface area contributed by atoms with Crippen molar-refractivity contribution in [2.24, 2.45) is 0 Å². The van der Waals surface area contributed by atoms with Gasteiger partial charge in [0.15, 0.2) is 0 Å². The minimum Gasteiger partial charge on any atom is -0.368 e. The number of carbonyl (C=O) groups excluding carboxylic acids is 1. The van der Waals surface area contributed by atoms with E-state index in [1.165, 1.54) is 12.4 Å². The van der Waals surface area contributed by atoms with Crippen molar-refractivity contribution in [3.05, 3.63) is 48.2 Å². The highest BCUT2D eigenvalue weighted by molar-refractivity contribution is 5.92. The first-order valence-corrected chi connectivity index (χ1v) is 7.46. The Morgan fingerprint density at radius 1 is 1.35 bits per heavy atom. The molecule has 3 heterocycles. The average Bonchev–Trinajstić information content (AvgIpc) is 2.62. The van der Waals surface area contributed by atoms with Gasteiger partial charge in [-0.15, -0.1) is 0 Å². The number of carbonyl (C=O) groups is 1. The minimum absolute atomic E-state index is 0.129. The molecule has 0 saturated carbocycles. The summed E-state index contributed by atoms with van der Waals surface area (Å²) in [6, 6.07) is 5.81. The molecule has 1 amide bonds. The molecular weight excluding hydrogens is 294 g/mol. The van der Waals surface area contributed by atoms with Crippen LogP contribution in [0.25, 0.3) is 0 Å². The Bertz CT molecular complexity index is 677. The van der Waals surface area contributed by atoms with Crippen LogP contribution >= 0.6 is 0 Å². The molecule has 3 rings (SSSR count). The third-order valence-electron chi connectivity index (χ3n) is 3.68. The summed E-state index contributed by atoms with van der Waals surface area (Å²) >= 11 is 0. The standard InChI is InChI=1S/C16H19N5O2/c1-20(2)15-5-3-4-12(19-15)14-11-21(8-9-23-14)16(22)13-10-17-6-7-18-13/h3-7,10,14H,8-9,11H2,1-2H3/t14-/m0/s1. The van der Waals surface area contributed by atoms with Gasteiger partial charge in [0.2, 0.25) is 0 Å². The lowest BCUT2D eigenvalue weighted by molar-refractivity contribution is -0.0248. The number of ether oxygens (including phenoxy) is 1. The SMILES string of the molecule is CN(C)c1cccc([C@@H]2CN(C(=O)c3cnccn3)CCO2)n1. The smallest absolute Gasteiger partial charge is 0.274 e. The molecule has 7 nitrogen and oxygen atoms in total. The van der Waals surface area contributed by atoms with Crippen LogP contribution in [-0.2, 0) is 4.74 Å². The minimum atomic E-state index is -0.232. The van der Waals surface area contributed by atoms with E-state index in [1.807, 2.05) is 37.2 Å². The molecule has 120 valence electrons. The van der Waals surface area contributed by atoms with E-state index < -0.39 is 0 Å². The van der Waals surface area contributed by atoms with Crippen molar-refractivity contribution in [2.75, 3.05) is 38.7 Å². The fourth-order valence-corrected chi connectivity index (χ4v) is 2.45. The summed E-state index contributed by atoms with van der Waals surface area (Å²) in [7, 11) is 3.88. The summed E-state index contributed by atoms with van der Waals surface area (Å²) in [6.45, 7) is 1.48. The van der Waals surface area contributed by atoms with Gasteiger partial charge in [0.05, 0.1) is 25.0 Å². The van der Waals surface area contributed by atoms with Crippen LogP contribution in [0, 0.1) is 0 Å². The molecule has 0 bridgehead atoms. The van der Waals surface area contributed by atoms with Gasteiger partial charge in [-0.3, -0.25) is 9.78 Å². The van der Waals surface area contributed by atoms with Gasteiger partial charge < -0.3 is 14.5 Å². The molecule has 1 fully saturated rings. The number of hydrogen-bond donors (Lipinski definition) is 0. The summed E-state index contributed by atoms with van der Waals surface area (Å²) < 4.78 is 5.80. The van der Waals surface area contributed by atoms with Gasteiger partial charge in [-0.05, 0) is 12.1 Å². The number of hydrogen-bond acceptors (Lipinski definition) is 6. The van der Waals surface area contributed by atoms with Crippen LogP contribution in [0.1, 0.15) is 22.3 Å². The molecular formula is C16H19N5O2. The van der Waals surface area contributed by atoms with Crippen LogP contribution in [0.15, 0.2) is 36.8 Å². The second kappa shape index (κ2) is 6.70. The first kappa shape index (κ1) is 15.4. The van der Waals surface area contributed by atoms with E-state index in [4.69, 9.17) is 4.74 Å². The first-order valence-electron chi connectivity index (χ1n) is 7.46. The third kappa shape index (κ3) is 3.45. The Labute approximate surface area is 134 Å². The fraction of sp³-hybridized carbons (Fsp3) is 0.375. The Balaban J connectivity index is 1.76. The molecule has 0 unspecified atom stereocenters. The molecule has 2 aromatic heterocycles. The van der Waals surface area contributed by atoms with Crippen molar-refractivity contribution in [3.63, 3.8) is 0 Å². The molecule has 0 aromatic carbocycles. The van der Waals surface area contributed by atoms with Gasteiger partial charge in [-0.25, -0.2) is 9.97 Å². The second-order valence-corrected chi connectivity index (χ2v) is 5.52. The first-order chi connectivity index (χ1) is 11.1. The molecule has 0 radical (unpaired) electrons. The van der Waals surface area contributed by atoms with E-state index in [0.717, 1.165) is 11.5 Å².